The maximum absolute atomic E-state index is 5.28. The van der Waals surface area contributed by atoms with E-state index in [1.807, 2.05) is 23.9 Å². The van der Waals surface area contributed by atoms with Crippen molar-refractivity contribution >= 4 is 34.8 Å². The number of aryl methyl sites for hydroxylation is 1. The Hall–Kier alpha value is -1.46. The average Bonchev–Trinajstić information content (AvgIpc) is 3.01. The van der Waals surface area contributed by atoms with Crippen LogP contribution in [0.5, 0.6) is 0 Å². The van der Waals surface area contributed by atoms with Crippen LogP contribution in [0.3, 0.4) is 0 Å². The molecule has 0 bridgehead atoms. The topological polar surface area (TPSA) is 37.2 Å². The summed E-state index contributed by atoms with van der Waals surface area (Å²) < 4.78 is 5.28. The largest absolute Gasteiger partial charge is 0.468 e. The Bertz CT molecular complexity index is 538. The van der Waals surface area contributed by atoms with Gasteiger partial charge >= 0.3 is 0 Å². The number of benzene rings is 1. The highest BCUT2D eigenvalue weighted by molar-refractivity contribution is 7.98. The van der Waals surface area contributed by atoms with Gasteiger partial charge in [0.15, 0.2) is 5.11 Å². The molecular weight excluding hydrogens is 300 g/mol. The Morgan fingerprint density at radius 2 is 2.05 bits per heavy atom. The molecule has 0 fully saturated rings. The van der Waals surface area contributed by atoms with Gasteiger partial charge in [-0.15, -0.1) is 0 Å². The monoisotopic (exact) mass is 320 g/mol. The number of anilines is 1. The third-order valence-corrected chi connectivity index (χ3v) is 4.20. The maximum atomic E-state index is 5.28. The summed E-state index contributed by atoms with van der Waals surface area (Å²) in [6, 6.07) is 12.2. The molecule has 0 aliphatic rings. The summed E-state index contributed by atoms with van der Waals surface area (Å²) in [4.78, 5) is 0. The minimum atomic E-state index is 0.665. The van der Waals surface area contributed by atoms with E-state index < -0.39 is 0 Å². The molecule has 5 heteroatoms. The van der Waals surface area contributed by atoms with Crippen molar-refractivity contribution in [1.82, 2.24) is 5.32 Å². The third-order valence-electron chi connectivity index (χ3n) is 2.98. The van der Waals surface area contributed by atoms with Crippen LogP contribution in [0.1, 0.15) is 18.2 Å². The van der Waals surface area contributed by atoms with E-state index in [0.717, 1.165) is 35.9 Å². The van der Waals surface area contributed by atoms with E-state index in [4.69, 9.17) is 16.6 Å². The maximum Gasteiger partial charge on any atom is 0.170 e. The van der Waals surface area contributed by atoms with Crippen molar-refractivity contribution in [3.8, 4) is 0 Å². The van der Waals surface area contributed by atoms with Crippen molar-refractivity contribution in [1.29, 1.82) is 0 Å². The molecule has 0 amide bonds. The fourth-order valence-electron chi connectivity index (χ4n) is 1.80. The zero-order chi connectivity index (χ0) is 14.9. The van der Waals surface area contributed by atoms with Crippen molar-refractivity contribution in [3.05, 3.63) is 54.0 Å². The molecule has 0 spiro atoms. The first-order valence-corrected chi connectivity index (χ1v) is 8.58. The van der Waals surface area contributed by atoms with Crippen molar-refractivity contribution in [2.45, 2.75) is 19.1 Å². The molecule has 1 aromatic heterocycles. The molecule has 0 aliphatic carbocycles. The molecule has 0 atom stereocenters. The highest BCUT2D eigenvalue weighted by atomic mass is 32.2. The average molecular weight is 320 g/mol. The zero-order valence-electron chi connectivity index (χ0n) is 12.1. The molecule has 0 radical (unpaired) electrons. The Morgan fingerprint density at radius 1 is 1.24 bits per heavy atom. The molecule has 2 N–H and O–H groups in total. The first-order valence-electron chi connectivity index (χ1n) is 7.02. The van der Waals surface area contributed by atoms with Gasteiger partial charge in [-0.2, -0.15) is 11.8 Å². The summed E-state index contributed by atoms with van der Waals surface area (Å²) in [6.45, 7) is 2.99. The molecule has 3 nitrogen and oxygen atoms in total. The molecule has 0 saturated heterocycles. The second kappa shape index (κ2) is 8.74. The second-order valence-corrected chi connectivity index (χ2v) is 6.08. The molecule has 112 valence electrons. The lowest BCUT2D eigenvalue weighted by Gasteiger charge is -2.10. The quantitative estimate of drug-likeness (QED) is 0.594. The molecule has 1 aromatic carbocycles. The van der Waals surface area contributed by atoms with Crippen molar-refractivity contribution < 1.29 is 4.42 Å². The van der Waals surface area contributed by atoms with E-state index in [2.05, 4.69) is 41.8 Å². The molecule has 2 rings (SSSR count). The normalized spacial score (nSPS) is 10.3. The van der Waals surface area contributed by atoms with Gasteiger partial charge in [0.25, 0.3) is 0 Å². The van der Waals surface area contributed by atoms with Crippen LogP contribution in [-0.2, 0) is 12.2 Å². The Morgan fingerprint density at radius 3 is 2.71 bits per heavy atom. The van der Waals surface area contributed by atoms with Crippen LogP contribution >= 0.6 is 24.0 Å². The van der Waals surface area contributed by atoms with Gasteiger partial charge in [0, 0.05) is 18.0 Å². The van der Waals surface area contributed by atoms with Gasteiger partial charge in [-0.3, -0.25) is 0 Å². The van der Waals surface area contributed by atoms with E-state index >= 15 is 0 Å². The first kappa shape index (κ1) is 15.9. The predicted molar refractivity (Wildman–Crippen MR) is 94.9 cm³/mol. The molecule has 0 saturated carbocycles. The van der Waals surface area contributed by atoms with E-state index in [-0.39, 0.29) is 0 Å². The summed E-state index contributed by atoms with van der Waals surface area (Å²) in [5.74, 6) is 2.89. The van der Waals surface area contributed by atoms with E-state index in [9.17, 15) is 0 Å². The van der Waals surface area contributed by atoms with Gasteiger partial charge in [0.2, 0.25) is 0 Å². The number of furan rings is 1. The van der Waals surface area contributed by atoms with E-state index in [1.165, 1.54) is 5.56 Å². The predicted octanol–water partition coefficient (Wildman–Crippen LogP) is 4.06. The number of thioether (sulfide) groups is 1. The van der Waals surface area contributed by atoms with Crippen molar-refractivity contribution in [2.75, 3.05) is 17.6 Å². The molecular formula is C16H20N2OS2. The number of hydrogen-bond acceptors (Lipinski definition) is 3. The minimum Gasteiger partial charge on any atom is -0.468 e. The summed E-state index contributed by atoms with van der Waals surface area (Å²) in [5, 5.41) is 7.06. The van der Waals surface area contributed by atoms with Crippen LogP contribution in [-0.4, -0.2) is 17.4 Å². The van der Waals surface area contributed by atoms with Crippen LogP contribution in [0.4, 0.5) is 5.69 Å². The standard InChI is InChI=1S/C16H20N2OS2/c1-2-13-5-7-14(8-6-13)18-16(20)17-9-11-21-12-15-4-3-10-19-15/h3-8,10H,2,9,11-12H2,1H3,(H2,17,18,20). The Balaban J connectivity index is 1.60. The second-order valence-electron chi connectivity index (χ2n) is 4.56. The van der Waals surface area contributed by atoms with Crippen molar-refractivity contribution in [2.24, 2.45) is 0 Å². The Labute approximate surface area is 135 Å². The van der Waals surface area contributed by atoms with Gasteiger partial charge in [0.05, 0.1) is 12.0 Å². The molecule has 21 heavy (non-hydrogen) atoms. The van der Waals surface area contributed by atoms with E-state index in [0.29, 0.717) is 5.11 Å². The van der Waals surface area contributed by atoms with Gasteiger partial charge in [0.1, 0.15) is 5.76 Å². The molecule has 2 aromatic rings. The summed E-state index contributed by atoms with van der Waals surface area (Å²) in [7, 11) is 0. The lowest BCUT2D eigenvalue weighted by molar-refractivity contribution is 0.530. The first-order chi connectivity index (χ1) is 10.3. The van der Waals surface area contributed by atoms with Crippen LogP contribution < -0.4 is 10.6 Å². The summed E-state index contributed by atoms with van der Waals surface area (Å²) in [6.07, 6.45) is 2.76. The SMILES string of the molecule is CCc1ccc(NC(=S)NCCSCc2ccco2)cc1. The van der Waals surface area contributed by atoms with E-state index in [1.54, 1.807) is 6.26 Å². The number of hydrogen-bond donors (Lipinski definition) is 2. The third kappa shape index (κ3) is 5.81. The van der Waals surface area contributed by atoms with Crippen LogP contribution in [0.15, 0.2) is 47.1 Å². The fourth-order valence-corrected chi connectivity index (χ4v) is 2.78. The summed E-state index contributed by atoms with van der Waals surface area (Å²) in [5.41, 5.74) is 2.35. The Kier molecular flexibility index (Phi) is 6.63. The number of nitrogens with one attached hydrogen (secondary N) is 2. The van der Waals surface area contributed by atoms with Crippen LogP contribution in [0.2, 0.25) is 0 Å². The molecule has 0 aliphatic heterocycles. The summed E-state index contributed by atoms with van der Waals surface area (Å²) >= 11 is 7.10. The number of rotatable bonds is 7. The highest BCUT2D eigenvalue weighted by Crippen LogP contribution is 2.12. The lowest BCUT2D eigenvalue weighted by atomic mass is 10.1. The highest BCUT2D eigenvalue weighted by Gasteiger charge is 1.99. The van der Waals surface area contributed by atoms with Crippen molar-refractivity contribution in [3.63, 3.8) is 0 Å². The van der Waals surface area contributed by atoms with Gasteiger partial charge in [-0.25, -0.2) is 0 Å². The smallest absolute Gasteiger partial charge is 0.170 e. The van der Waals surface area contributed by atoms with Gasteiger partial charge in [-0.1, -0.05) is 19.1 Å². The molecule has 0 unspecified atom stereocenters. The lowest BCUT2D eigenvalue weighted by Crippen LogP contribution is -2.30. The van der Waals surface area contributed by atoms with Gasteiger partial charge in [-0.05, 0) is 48.5 Å². The number of thiocarbonyl (C=S) groups is 1. The van der Waals surface area contributed by atoms with Gasteiger partial charge < -0.3 is 15.1 Å². The van der Waals surface area contributed by atoms with Crippen LogP contribution in [0.25, 0.3) is 0 Å². The fraction of sp³-hybridized carbons (Fsp3) is 0.312. The van der Waals surface area contributed by atoms with Crippen LogP contribution in [0, 0.1) is 0 Å². The minimum absolute atomic E-state index is 0.665. The molecule has 1 heterocycles. The zero-order valence-corrected chi connectivity index (χ0v) is 13.7.